The van der Waals surface area contributed by atoms with E-state index >= 15 is 0 Å². The molecule has 0 aliphatic heterocycles. The Morgan fingerprint density at radius 3 is 2.62 bits per heavy atom. The third-order valence-electron chi connectivity index (χ3n) is 4.90. The van der Waals surface area contributed by atoms with E-state index in [0.717, 1.165) is 5.69 Å². The Morgan fingerprint density at radius 1 is 1.34 bits per heavy atom. The van der Waals surface area contributed by atoms with Gasteiger partial charge in [-0.15, -0.1) is 0 Å². The van der Waals surface area contributed by atoms with Crippen LogP contribution in [-0.4, -0.2) is 20.8 Å². The summed E-state index contributed by atoms with van der Waals surface area (Å²) in [5.41, 5.74) is 7.68. The summed E-state index contributed by atoms with van der Waals surface area (Å²) in [6, 6.07) is 8.06. The predicted molar refractivity (Wildman–Crippen MR) is 124 cm³/mol. The van der Waals surface area contributed by atoms with Crippen molar-refractivity contribution in [2.24, 2.45) is 5.41 Å². The average Bonchev–Trinajstić information content (AvgIpc) is 3.33. The Kier molecular flexibility index (Phi) is 4.46. The molecule has 1 amide bonds. The second-order valence-electron chi connectivity index (χ2n) is 8.82. The topological polar surface area (TPSA) is 123 Å². The molecular formula is C24H30N6O2. The third-order valence-corrected chi connectivity index (χ3v) is 4.90. The zero-order chi connectivity index (χ0) is 28.6. The lowest BCUT2D eigenvalue weighted by atomic mass is 9.91. The van der Waals surface area contributed by atoms with Crippen LogP contribution in [0.5, 0.6) is 0 Å². The normalized spacial score (nSPS) is 16.1. The van der Waals surface area contributed by atoms with E-state index in [-0.39, 0.29) is 34.3 Å². The lowest BCUT2D eigenvalue weighted by molar-refractivity contribution is -0.117. The van der Waals surface area contributed by atoms with Crippen LogP contribution in [0.4, 0.5) is 11.7 Å². The maximum Gasteiger partial charge on any atom is 0.234 e. The highest BCUT2D eigenvalue weighted by atomic mass is 16.5. The van der Waals surface area contributed by atoms with Gasteiger partial charge in [0.1, 0.15) is 23.1 Å². The summed E-state index contributed by atoms with van der Waals surface area (Å²) in [7, 11) is 0. The van der Waals surface area contributed by atoms with Crippen molar-refractivity contribution in [3.63, 3.8) is 0 Å². The first-order chi connectivity index (χ1) is 17.4. The number of benzene rings is 1. The molecule has 32 heavy (non-hydrogen) atoms. The number of nitrogens with one attached hydrogen (secondary N) is 1. The van der Waals surface area contributed by atoms with Crippen molar-refractivity contribution in [3.8, 4) is 17.3 Å². The summed E-state index contributed by atoms with van der Waals surface area (Å²) in [6.45, 7) is 2.04. The van der Waals surface area contributed by atoms with Gasteiger partial charge in [0, 0.05) is 25.9 Å². The molecule has 0 spiro atoms. The molecule has 0 saturated heterocycles. The first-order valence-corrected chi connectivity index (χ1v) is 10.1. The summed E-state index contributed by atoms with van der Waals surface area (Å²) in [4.78, 5) is 12.8. The molecule has 0 aliphatic carbocycles. The monoisotopic (exact) mass is 440 g/mol. The molecular weight excluding hydrogens is 404 g/mol. The van der Waals surface area contributed by atoms with Crippen LogP contribution in [0.15, 0.2) is 34.9 Å². The van der Waals surface area contributed by atoms with E-state index in [9.17, 15) is 10.1 Å². The van der Waals surface area contributed by atoms with Crippen molar-refractivity contribution in [3.05, 3.63) is 47.2 Å². The quantitative estimate of drug-likeness (QED) is 0.562. The second-order valence-corrected chi connectivity index (χ2v) is 8.82. The summed E-state index contributed by atoms with van der Waals surface area (Å²) >= 11 is 0. The lowest BCUT2D eigenvalue weighted by Crippen LogP contribution is -2.18. The molecule has 3 aromatic rings. The molecule has 0 saturated carbocycles. The Balaban J connectivity index is 1.84. The molecule has 8 heteroatoms. The fourth-order valence-corrected chi connectivity index (χ4v) is 3.26. The van der Waals surface area contributed by atoms with E-state index in [4.69, 9.17) is 18.5 Å². The smallest absolute Gasteiger partial charge is 0.234 e. The standard InChI is InChI=1S/C24H30N6O2/c1-14(2)30-22(26)19(13-25)21(28-30)17-9-7-16(8-10-17)15(3)23(31)27-20-11-18(29-32-20)12-24(4,5)6/h7-11,14-15H,12,26H2,1-6H3,(H,27,31)/i1D3,2D3. The highest BCUT2D eigenvalue weighted by molar-refractivity contribution is 5.94. The minimum atomic E-state index is -2.95. The summed E-state index contributed by atoms with van der Waals surface area (Å²) in [5, 5.41) is 20.5. The SMILES string of the molecule is [2H]C([2H])([2H])C(n1nc(-c2ccc(C(C)C(=O)Nc3cc(CC(C)(C)C)no3)cc2)c(C#N)c1N)C([2H])([2H])[2H]. The van der Waals surface area contributed by atoms with Gasteiger partial charge in [-0.2, -0.15) is 10.4 Å². The first-order valence-electron chi connectivity index (χ1n) is 13.1. The zero-order valence-electron chi connectivity index (χ0n) is 24.4. The highest BCUT2D eigenvalue weighted by Crippen LogP contribution is 2.30. The van der Waals surface area contributed by atoms with Gasteiger partial charge in [0.05, 0.1) is 11.6 Å². The number of hydrogen-bond donors (Lipinski definition) is 2. The number of carbonyl (C=O) groups is 1. The van der Waals surface area contributed by atoms with Gasteiger partial charge in [-0.1, -0.05) is 50.2 Å². The van der Waals surface area contributed by atoms with E-state index in [1.54, 1.807) is 37.3 Å². The molecule has 0 bridgehead atoms. The average molecular weight is 441 g/mol. The van der Waals surface area contributed by atoms with Crippen molar-refractivity contribution in [1.29, 1.82) is 5.26 Å². The van der Waals surface area contributed by atoms with Gasteiger partial charge in [0.15, 0.2) is 0 Å². The van der Waals surface area contributed by atoms with Gasteiger partial charge < -0.3 is 10.3 Å². The number of nitriles is 1. The summed E-state index contributed by atoms with van der Waals surface area (Å²) < 4.78 is 52.0. The number of hydrogen-bond acceptors (Lipinski definition) is 6. The lowest BCUT2D eigenvalue weighted by Gasteiger charge is -2.15. The van der Waals surface area contributed by atoms with E-state index in [1.165, 1.54) is 0 Å². The van der Waals surface area contributed by atoms with Gasteiger partial charge in [-0.3, -0.25) is 10.1 Å². The van der Waals surface area contributed by atoms with Crippen molar-refractivity contribution in [2.75, 3.05) is 11.1 Å². The molecule has 1 aromatic carbocycles. The maximum atomic E-state index is 12.8. The van der Waals surface area contributed by atoms with E-state index < -0.39 is 25.7 Å². The third kappa shape index (κ3) is 4.99. The van der Waals surface area contributed by atoms with Crippen LogP contribution in [-0.2, 0) is 11.2 Å². The molecule has 0 aliphatic rings. The Hall–Kier alpha value is -3.60. The maximum absolute atomic E-state index is 12.8. The molecule has 0 radical (unpaired) electrons. The number of amides is 1. The highest BCUT2D eigenvalue weighted by Gasteiger charge is 2.21. The minimum absolute atomic E-state index is 0.0134. The zero-order valence-corrected chi connectivity index (χ0v) is 18.4. The van der Waals surface area contributed by atoms with Crippen LogP contribution in [0.25, 0.3) is 11.3 Å². The fourth-order valence-electron chi connectivity index (χ4n) is 3.26. The van der Waals surface area contributed by atoms with Crippen molar-refractivity contribution in [2.45, 2.75) is 59.8 Å². The number of aromatic nitrogens is 3. The summed E-state index contributed by atoms with van der Waals surface area (Å²) in [6.07, 6.45) is 0.688. The number of nitrogen functional groups attached to an aromatic ring is 1. The largest absolute Gasteiger partial charge is 0.383 e. The van der Waals surface area contributed by atoms with Crippen LogP contribution in [0, 0.1) is 16.7 Å². The van der Waals surface area contributed by atoms with E-state index in [1.807, 2.05) is 6.07 Å². The molecule has 0 fully saturated rings. The number of carbonyl (C=O) groups excluding carboxylic acids is 1. The minimum Gasteiger partial charge on any atom is -0.383 e. The Labute approximate surface area is 196 Å². The van der Waals surface area contributed by atoms with Crippen LogP contribution < -0.4 is 11.1 Å². The fraction of sp³-hybridized carbons (Fsp3) is 0.417. The van der Waals surface area contributed by atoms with Gasteiger partial charge in [0.25, 0.3) is 0 Å². The van der Waals surface area contributed by atoms with Crippen molar-refractivity contribution < 1.29 is 17.5 Å². The number of nitrogens with zero attached hydrogens (tertiary/aromatic N) is 4. The second kappa shape index (κ2) is 8.87. The number of nitrogens with two attached hydrogens (primary N) is 1. The Morgan fingerprint density at radius 2 is 2.03 bits per heavy atom. The van der Waals surface area contributed by atoms with Gasteiger partial charge in [-0.25, -0.2) is 4.68 Å². The van der Waals surface area contributed by atoms with Crippen LogP contribution in [0.2, 0.25) is 0 Å². The molecule has 3 N–H and O–H groups in total. The van der Waals surface area contributed by atoms with Crippen LogP contribution in [0.3, 0.4) is 0 Å². The number of anilines is 2. The van der Waals surface area contributed by atoms with Gasteiger partial charge >= 0.3 is 0 Å². The van der Waals surface area contributed by atoms with Gasteiger partial charge in [0.2, 0.25) is 11.8 Å². The molecule has 3 rings (SSSR count). The molecule has 2 heterocycles. The predicted octanol–water partition coefficient (Wildman–Crippen LogP) is 4.90. The molecule has 1 unspecified atom stereocenters. The molecule has 168 valence electrons. The molecule has 8 nitrogen and oxygen atoms in total. The van der Waals surface area contributed by atoms with Gasteiger partial charge in [-0.05, 0) is 38.0 Å². The number of rotatable bonds is 6. The van der Waals surface area contributed by atoms with E-state index in [0.29, 0.717) is 22.2 Å². The van der Waals surface area contributed by atoms with E-state index in [2.05, 4.69) is 36.3 Å². The first kappa shape index (κ1) is 16.1. The van der Waals surface area contributed by atoms with Crippen LogP contribution >= 0.6 is 0 Å². The Bertz CT molecular complexity index is 1330. The molecule has 2 aromatic heterocycles. The summed E-state index contributed by atoms with van der Waals surface area (Å²) in [5.74, 6) is -1.00. The van der Waals surface area contributed by atoms with Crippen molar-refractivity contribution in [1.82, 2.24) is 14.9 Å². The molecule has 1 atom stereocenters. The van der Waals surface area contributed by atoms with Crippen LogP contribution in [0.1, 0.15) is 78.4 Å². The van der Waals surface area contributed by atoms with Crippen molar-refractivity contribution >= 4 is 17.6 Å².